The molecule has 1 saturated heterocycles. The molecule has 1 fully saturated rings. The first-order chi connectivity index (χ1) is 9.36. The fraction of sp³-hybridized carbons (Fsp3) is 0.667. The third-order valence-corrected chi connectivity index (χ3v) is 3.68. The van der Waals surface area contributed by atoms with Gasteiger partial charge in [0.15, 0.2) is 11.6 Å². The van der Waals surface area contributed by atoms with Crippen LogP contribution in [0.5, 0.6) is 5.75 Å². The number of nitrogens with zero attached hydrogens (tertiary/aromatic N) is 2. The molecule has 0 saturated carbocycles. The van der Waals surface area contributed by atoms with Gasteiger partial charge in [-0.25, -0.2) is 4.98 Å². The van der Waals surface area contributed by atoms with Crippen LogP contribution in [0.1, 0.15) is 32.6 Å². The average molecular weight is 263 g/mol. The first-order valence-electron chi connectivity index (χ1n) is 7.36. The normalized spacial score (nSPS) is 19.5. The molecule has 1 aliphatic heterocycles. The van der Waals surface area contributed by atoms with E-state index in [9.17, 15) is 0 Å². The molecule has 0 spiro atoms. The first-order valence-corrected chi connectivity index (χ1v) is 7.36. The summed E-state index contributed by atoms with van der Waals surface area (Å²) in [6.45, 7) is 4.85. The Hall–Kier alpha value is -1.29. The molecular weight excluding hydrogens is 238 g/mol. The molecule has 1 N–H and O–H groups in total. The van der Waals surface area contributed by atoms with Crippen LogP contribution in [0.15, 0.2) is 18.3 Å². The van der Waals surface area contributed by atoms with Gasteiger partial charge in [0.2, 0.25) is 0 Å². The van der Waals surface area contributed by atoms with Crippen molar-refractivity contribution in [3.05, 3.63) is 18.3 Å². The molecule has 0 radical (unpaired) electrons. The molecule has 0 aromatic carbocycles. The second kappa shape index (κ2) is 7.34. The average Bonchev–Trinajstić information content (AvgIpc) is 2.46. The zero-order chi connectivity index (χ0) is 13.5. The van der Waals surface area contributed by atoms with Gasteiger partial charge >= 0.3 is 0 Å². The fourth-order valence-electron chi connectivity index (χ4n) is 2.76. The van der Waals surface area contributed by atoms with Gasteiger partial charge in [-0.2, -0.15) is 0 Å². The van der Waals surface area contributed by atoms with E-state index in [-0.39, 0.29) is 0 Å². The number of hydrogen-bond acceptors (Lipinski definition) is 4. The number of hydrogen-bond donors (Lipinski definition) is 1. The molecule has 19 heavy (non-hydrogen) atoms. The number of piperidine rings is 1. The summed E-state index contributed by atoms with van der Waals surface area (Å²) in [4.78, 5) is 7.00. The predicted molar refractivity (Wildman–Crippen MR) is 78.9 cm³/mol. The first kappa shape index (κ1) is 14.1. The molecule has 1 atom stereocenters. The van der Waals surface area contributed by atoms with Crippen molar-refractivity contribution in [3.8, 4) is 5.75 Å². The molecule has 4 heteroatoms. The zero-order valence-electron chi connectivity index (χ0n) is 12.1. The third kappa shape index (κ3) is 3.60. The van der Waals surface area contributed by atoms with Gasteiger partial charge in [0.1, 0.15) is 0 Å². The van der Waals surface area contributed by atoms with E-state index in [2.05, 4.69) is 15.2 Å². The van der Waals surface area contributed by atoms with Gasteiger partial charge in [0.05, 0.1) is 6.61 Å². The number of aromatic nitrogens is 1. The van der Waals surface area contributed by atoms with Crippen molar-refractivity contribution in [2.45, 2.75) is 38.6 Å². The Morgan fingerprint density at radius 1 is 1.47 bits per heavy atom. The van der Waals surface area contributed by atoms with E-state index >= 15 is 0 Å². The van der Waals surface area contributed by atoms with E-state index in [1.807, 2.05) is 32.3 Å². The molecule has 106 valence electrons. The van der Waals surface area contributed by atoms with E-state index in [4.69, 9.17) is 4.74 Å². The molecule has 4 nitrogen and oxygen atoms in total. The van der Waals surface area contributed by atoms with Gasteiger partial charge in [-0.15, -0.1) is 0 Å². The van der Waals surface area contributed by atoms with Gasteiger partial charge in [0.25, 0.3) is 0 Å². The summed E-state index contributed by atoms with van der Waals surface area (Å²) in [5.41, 5.74) is 0. The van der Waals surface area contributed by atoms with E-state index < -0.39 is 0 Å². The lowest BCUT2D eigenvalue weighted by molar-refractivity contribution is 0.334. The highest BCUT2D eigenvalue weighted by Gasteiger charge is 2.25. The molecule has 1 aliphatic rings. The Morgan fingerprint density at radius 2 is 2.37 bits per heavy atom. The number of ether oxygens (including phenoxy) is 1. The minimum Gasteiger partial charge on any atom is -0.490 e. The van der Waals surface area contributed by atoms with Crippen molar-refractivity contribution in [1.82, 2.24) is 10.3 Å². The number of anilines is 1. The Balaban J connectivity index is 2.16. The quantitative estimate of drug-likeness (QED) is 0.855. The molecule has 2 heterocycles. The maximum atomic E-state index is 5.72. The van der Waals surface area contributed by atoms with Crippen molar-refractivity contribution in [1.29, 1.82) is 0 Å². The molecule has 1 aromatic rings. The lowest BCUT2D eigenvalue weighted by Gasteiger charge is -2.37. The van der Waals surface area contributed by atoms with Gasteiger partial charge in [-0.05, 0) is 58.3 Å². The minimum atomic E-state index is 0.579. The second-order valence-electron chi connectivity index (χ2n) is 4.99. The van der Waals surface area contributed by atoms with Crippen LogP contribution in [0.3, 0.4) is 0 Å². The van der Waals surface area contributed by atoms with E-state index in [0.29, 0.717) is 12.6 Å². The van der Waals surface area contributed by atoms with Crippen LogP contribution in [0.2, 0.25) is 0 Å². The molecule has 2 rings (SSSR count). The highest BCUT2D eigenvalue weighted by molar-refractivity contribution is 5.53. The highest BCUT2D eigenvalue weighted by Crippen LogP contribution is 2.31. The van der Waals surface area contributed by atoms with Gasteiger partial charge in [-0.1, -0.05) is 0 Å². The van der Waals surface area contributed by atoms with E-state index in [0.717, 1.165) is 24.7 Å². The summed E-state index contributed by atoms with van der Waals surface area (Å²) in [5.74, 6) is 1.94. The lowest BCUT2D eigenvalue weighted by atomic mass is 9.99. The molecule has 0 aliphatic carbocycles. The number of rotatable bonds is 6. The van der Waals surface area contributed by atoms with Crippen molar-refractivity contribution >= 4 is 5.82 Å². The summed E-state index contributed by atoms with van der Waals surface area (Å²) >= 11 is 0. The molecule has 0 amide bonds. The van der Waals surface area contributed by atoms with Crippen LogP contribution >= 0.6 is 0 Å². The number of nitrogens with one attached hydrogen (secondary N) is 1. The SMILES string of the molecule is CCOc1cccnc1N1CCCCC1CCNC. The standard InChI is InChI=1S/C15H25N3O/c1-3-19-14-8-6-10-17-15(14)18-12-5-4-7-13(18)9-11-16-2/h6,8,10,13,16H,3-5,7,9,11-12H2,1-2H3. The van der Waals surface area contributed by atoms with Crippen molar-refractivity contribution in [2.24, 2.45) is 0 Å². The molecule has 1 aromatic heterocycles. The van der Waals surface area contributed by atoms with Crippen LogP contribution in [0.25, 0.3) is 0 Å². The Kier molecular flexibility index (Phi) is 5.45. The van der Waals surface area contributed by atoms with Crippen molar-refractivity contribution in [2.75, 3.05) is 31.6 Å². The van der Waals surface area contributed by atoms with Gasteiger partial charge in [0, 0.05) is 18.8 Å². The maximum Gasteiger partial charge on any atom is 0.171 e. The predicted octanol–water partition coefficient (Wildman–Crippen LogP) is 2.45. The van der Waals surface area contributed by atoms with Crippen LogP contribution in [0.4, 0.5) is 5.82 Å². The Bertz CT molecular complexity index is 383. The minimum absolute atomic E-state index is 0.579. The van der Waals surface area contributed by atoms with Crippen molar-refractivity contribution in [3.63, 3.8) is 0 Å². The molecular formula is C15H25N3O. The van der Waals surface area contributed by atoms with Crippen LogP contribution in [-0.2, 0) is 0 Å². The summed E-state index contributed by atoms with van der Waals surface area (Å²) < 4.78 is 5.72. The Morgan fingerprint density at radius 3 is 3.16 bits per heavy atom. The van der Waals surface area contributed by atoms with Crippen molar-refractivity contribution < 1.29 is 4.74 Å². The van der Waals surface area contributed by atoms with Gasteiger partial charge in [-0.3, -0.25) is 0 Å². The summed E-state index contributed by atoms with van der Waals surface area (Å²) in [6, 6.07) is 4.55. The topological polar surface area (TPSA) is 37.4 Å². The van der Waals surface area contributed by atoms with E-state index in [1.165, 1.54) is 25.7 Å². The van der Waals surface area contributed by atoms with Crippen LogP contribution in [-0.4, -0.2) is 37.8 Å². The summed E-state index contributed by atoms with van der Waals surface area (Å²) in [5, 5.41) is 3.25. The highest BCUT2D eigenvalue weighted by atomic mass is 16.5. The number of pyridine rings is 1. The Labute approximate surface area is 116 Å². The summed E-state index contributed by atoms with van der Waals surface area (Å²) in [6.07, 6.45) is 6.85. The monoisotopic (exact) mass is 263 g/mol. The lowest BCUT2D eigenvalue weighted by Crippen LogP contribution is -2.41. The van der Waals surface area contributed by atoms with Gasteiger partial charge < -0.3 is 15.0 Å². The maximum absolute atomic E-state index is 5.72. The summed E-state index contributed by atoms with van der Waals surface area (Å²) in [7, 11) is 2.01. The third-order valence-electron chi connectivity index (χ3n) is 3.68. The van der Waals surface area contributed by atoms with Crippen LogP contribution < -0.4 is 15.0 Å². The molecule has 0 bridgehead atoms. The smallest absolute Gasteiger partial charge is 0.171 e. The molecule has 1 unspecified atom stereocenters. The zero-order valence-corrected chi connectivity index (χ0v) is 12.1. The van der Waals surface area contributed by atoms with E-state index in [1.54, 1.807) is 0 Å². The second-order valence-corrected chi connectivity index (χ2v) is 4.99. The largest absolute Gasteiger partial charge is 0.490 e. The fourth-order valence-corrected chi connectivity index (χ4v) is 2.76. The van der Waals surface area contributed by atoms with Crippen LogP contribution in [0, 0.1) is 0 Å².